The van der Waals surface area contributed by atoms with Crippen LogP contribution in [0.1, 0.15) is 42.0 Å². The first kappa shape index (κ1) is 21.4. The summed E-state index contributed by atoms with van der Waals surface area (Å²) in [5, 5.41) is 17.1. The lowest BCUT2D eigenvalue weighted by molar-refractivity contribution is -0.182. The molecule has 2 aromatic rings. The molecule has 2 N–H and O–H groups in total. The maximum atomic E-state index is 10.6. The van der Waals surface area contributed by atoms with Gasteiger partial charge in [-0.3, -0.25) is 9.68 Å². The van der Waals surface area contributed by atoms with Gasteiger partial charge in [0.2, 0.25) is 0 Å². The molecule has 1 aliphatic heterocycles. The standard InChI is InChI=1S/C11H13BrO4.C7H5ClO3/c1-6(11(13)14)2-3-8-10(16-8)7-4-5-9(12)15-7;8-6-3-1-2-5(4-6)7(9)11-10/h4-6,8,10H,2-3H2,1H3,(H,13,14);1-4,10H. The molecular weight excluding hydrogens is 444 g/mol. The van der Waals surface area contributed by atoms with Crippen LogP contribution in [0.5, 0.6) is 0 Å². The summed E-state index contributed by atoms with van der Waals surface area (Å²) in [6, 6.07) is 9.80. The van der Waals surface area contributed by atoms with Gasteiger partial charge in [0.05, 0.1) is 17.6 Å². The van der Waals surface area contributed by atoms with Crippen molar-refractivity contribution in [1.29, 1.82) is 0 Å². The van der Waals surface area contributed by atoms with E-state index in [0.717, 1.165) is 12.2 Å². The maximum Gasteiger partial charge on any atom is 0.372 e. The number of ether oxygens (including phenoxy) is 1. The van der Waals surface area contributed by atoms with Gasteiger partial charge in [0.1, 0.15) is 11.9 Å². The highest BCUT2D eigenvalue weighted by Gasteiger charge is 2.42. The van der Waals surface area contributed by atoms with Gasteiger partial charge in [-0.05, 0) is 59.1 Å². The Hall–Kier alpha value is -1.87. The quantitative estimate of drug-likeness (QED) is 0.356. The fraction of sp³-hybridized carbons (Fsp3) is 0.333. The van der Waals surface area contributed by atoms with Gasteiger partial charge >= 0.3 is 11.9 Å². The SMILES string of the molecule is CC(CCC1OC1c1ccc(Br)o1)C(=O)O.O=C(OO)c1cccc(Cl)c1. The van der Waals surface area contributed by atoms with Crippen molar-refractivity contribution < 1.29 is 34.0 Å². The summed E-state index contributed by atoms with van der Waals surface area (Å²) in [4.78, 5) is 24.7. The normalized spacial score (nSPS) is 18.8. The molecule has 9 heteroatoms. The number of carboxylic acids is 1. The summed E-state index contributed by atoms with van der Waals surface area (Å²) in [5.41, 5.74) is 0.222. The van der Waals surface area contributed by atoms with Gasteiger partial charge in [0, 0.05) is 5.02 Å². The molecule has 0 saturated carbocycles. The Morgan fingerprint density at radius 3 is 2.63 bits per heavy atom. The molecule has 2 heterocycles. The maximum absolute atomic E-state index is 10.6. The Balaban J connectivity index is 0.000000208. The minimum Gasteiger partial charge on any atom is -0.481 e. The number of furan rings is 1. The first-order valence-electron chi connectivity index (χ1n) is 8.06. The third-order valence-electron chi connectivity index (χ3n) is 3.91. The molecular formula is C18H18BrClO7. The fourth-order valence-corrected chi connectivity index (χ4v) is 2.81. The molecule has 1 fully saturated rings. The number of hydrogen-bond donors (Lipinski definition) is 2. The summed E-state index contributed by atoms with van der Waals surface area (Å²) in [7, 11) is 0. The second-order valence-corrected chi connectivity index (χ2v) is 7.16. The zero-order valence-corrected chi connectivity index (χ0v) is 16.6. The molecule has 0 radical (unpaired) electrons. The molecule has 3 rings (SSSR count). The average Bonchev–Trinajstić information content (AvgIpc) is 3.30. The molecule has 3 unspecified atom stereocenters. The van der Waals surface area contributed by atoms with Crippen LogP contribution in [0.4, 0.5) is 0 Å². The third-order valence-corrected chi connectivity index (χ3v) is 4.57. The first-order valence-corrected chi connectivity index (χ1v) is 9.23. The smallest absolute Gasteiger partial charge is 0.372 e. The molecule has 0 aliphatic carbocycles. The largest absolute Gasteiger partial charge is 0.481 e. The van der Waals surface area contributed by atoms with Crippen LogP contribution in [-0.4, -0.2) is 28.4 Å². The Bertz CT molecular complexity index is 792. The molecule has 1 aliphatic rings. The van der Waals surface area contributed by atoms with Gasteiger partial charge in [0.25, 0.3) is 0 Å². The minimum absolute atomic E-state index is 0.00675. The van der Waals surface area contributed by atoms with Crippen molar-refractivity contribution >= 4 is 39.5 Å². The van der Waals surface area contributed by atoms with E-state index in [0.29, 0.717) is 16.1 Å². The van der Waals surface area contributed by atoms with Crippen molar-refractivity contribution in [2.45, 2.75) is 32.0 Å². The lowest BCUT2D eigenvalue weighted by Crippen LogP contribution is -2.10. The number of benzene rings is 1. The number of hydrogen-bond acceptors (Lipinski definition) is 6. The molecule has 3 atom stereocenters. The van der Waals surface area contributed by atoms with E-state index >= 15 is 0 Å². The van der Waals surface area contributed by atoms with E-state index in [-0.39, 0.29) is 23.7 Å². The first-order chi connectivity index (χ1) is 12.8. The van der Waals surface area contributed by atoms with E-state index in [1.807, 2.05) is 12.1 Å². The Labute approximate surface area is 168 Å². The van der Waals surface area contributed by atoms with E-state index in [1.165, 1.54) is 12.1 Å². The number of rotatable bonds is 6. The van der Waals surface area contributed by atoms with Crippen molar-refractivity contribution in [2.75, 3.05) is 0 Å². The van der Waals surface area contributed by atoms with Crippen molar-refractivity contribution in [3.05, 3.63) is 57.4 Å². The number of carbonyl (C=O) groups excluding carboxylic acids is 1. The molecule has 0 amide bonds. The Kier molecular flexibility index (Phi) is 7.85. The second-order valence-electron chi connectivity index (χ2n) is 5.94. The summed E-state index contributed by atoms with van der Waals surface area (Å²) in [5.74, 6) is -1.07. The minimum atomic E-state index is -0.813. The molecule has 7 nitrogen and oxygen atoms in total. The van der Waals surface area contributed by atoms with Crippen LogP contribution in [0.3, 0.4) is 0 Å². The molecule has 27 heavy (non-hydrogen) atoms. The monoisotopic (exact) mass is 460 g/mol. The highest BCUT2D eigenvalue weighted by Crippen LogP contribution is 2.43. The predicted octanol–water partition coefficient (Wildman–Crippen LogP) is 4.95. The van der Waals surface area contributed by atoms with Crippen molar-refractivity contribution in [3.8, 4) is 0 Å². The molecule has 0 bridgehead atoms. The van der Waals surface area contributed by atoms with Crippen molar-refractivity contribution in [3.63, 3.8) is 0 Å². The van der Waals surface area contributed by atoms with Crippen LogP contribution in [-0.2, 0) is 14.4 Å². The third kappa shape index (κ3) is 6.66. The highest BCUT2D eigenvalue weighted by atomic mass is 79.9. The second kappa shape index (κ2) is 9.89. The van der Waals surface area contributed by atoms with E-state index in [1.54, 1.807) is 19.1 Å². The topological polar surface area (TPSA) is 110 Å². The van der Waals surface area contributed by atoms with Crippen LogP contribution in [0.25, 0.3) is 0 Å². The molecule has 146 valence electrons. The van der Waals surface area contributed by atoms with E-state index in [9.17, 15) is 9.59 Å². The zero-order valence-electron chi connectivity index (χ0n) is 14.3. The van der Waals surface area contributed by atoms with Crippen molar-refractivity contribution in [2.24, 2.45) is 5.92 Å². The Morgan fingerprint density at radius 2 is 2.07 bits per heavy atom. The van der Waals surface area contributed by atoms with Gasteiger partial charge in [-0.1, -0.05) is 24.6 Å². The van der Waals surface area contributed by atoms with Gasteiger partial charge in [-0.15, -0.1) is 0 Å². The predicted molar refractivity (Wildman–Crippen MR) is 99.6 cm³/mol. The molecule has 1 aromatic carbocycles. The number of aliphatic carboxylic acids is 1. The van der Waals surface area contributed by atoms with Gasteiger partial charge in [-0.2, -0.15) is 5.26 Å². The lowest BCUT2D eigenvalue weighted by atomic mass is 10.0. The van der Waals surface area contributed by atoms with Gasteiger partial charge in [-0.25, -0.2) is 4.79 Å². The summed E-state index contributed by atoms with van der Waals surface area (Å²) in [6.45, 7) is 1.71. The number of epoxide rings is 1. The van der Waals surface area contributed by atoms with E-state index in [2.05, 4.69) is 20.8 Å². The van der Waals surface area contributed by atoms with Gasteiger partial charge < -0.3 is 14.3 Å². The number of halogens is 2. The van der Waals surface area contributed by atoms with Crippen molar-refractivity contribution in [1.82, 2.24) is 0 Å². The van der Waals surface area contributed by atoms with Crippen LogP contribution in [0, 0.1) is 5.92 Å². The highest BCUT2D eigenvalue weighted by molar-refractivity contribution is 9.10. The summed E-state index contributed by atoms with van der Waals surface area (Å²) in [6.07, 6.45) is 1.52. The Morgan fingerprint density at radius 1 is 1.33 bits per heavy atom. The fourth-order valence-electron chi connectivity index (χ4n) is 2.30. The molecule has 1 saturated heterocycles. The van der Waals surface area contributed by atoms with E-state index in [4.69, 9.17) is 31.1 Å². The number of carbonyl (C=O) groups is 2. The molecule has 1 aromatic heterocycles. The summed E-state index contributed by atoms with van der Waals surface area (Å²) >= 11 is 8.79. The lowest BCUT2D eigenvalue weighted by Gasteiger charge is -2.02. The zero-order chi connectivity index (χ0) is 20.0. The van der Waals surface area contributed by atoms with Gasteiger partial charge in [0.15, 0.2) is 4.67 Å². The van der Waals surface area contributed by atoms with E-state index < -0.39 is 11.9 Å². The van der Waals surface area contributed by atoms with Crippen LogP contribution < -0.4 is 0 Å². The van der Waals surface area contributed by atoms with Crippen LogP contribution in [0.15, 0.2) is 45.5 Å². The molecule has 0 spiro atoms. The average molecular weight is 462 g/mol. The van der Waals surface area contributed by atoms with Crippen LogP contribution >= 0.6 is 27.5 Å². The number of carboxylic acid groups (broad SMARTS) is 1. The van der Waals surface area contributed by atoms with Crippen LogP contribution in [0.2, 0.25) is 5.02 Å². The summed E-state index contributed by atoms with van der Waals surface area (Å²) < 4.78 is 11.5.